The maximum atomic E-state index is 5.90. The fourth-order valence-electron chi connectivity index (χ4n) is 1.49. The highest BCUT2D eigenvalue weighted by molar-refractivity contribution is 5.85. The quantitative estimate of drug-likeness (QED) is 0.865. The van der Waals surface area contributed by atoms with Crippen LogP contribution in [0.5, 0.6) is 0 Å². The highest BCUT2D eigenvalue weighted by atomic mass is 35.5. The van der Waals surface area contributed by atoms with Gasteiger partial charge in [0, 0.05) is 19.2 Å². The molecule has 0 aliphatic carbocycles. The van der Waals surface area contributed by atoms with Crippen LogP contribution in [0, 0.1) is 6.92 Å². The molecular formula is C11H16ClN5O. The molecule has 0 saturated heterocycles. The highest BCUT2D eigenvalue weighted by Crippen LogP contribution is 2.18. The predicted octanol–water partition coefficient (Wildman–Crippen LogP) is 1.21. The molecule has 2 heterocycles. The summed E-state index contributed by atoms with van der Waals surface area (Å²) < 4.78 is 5.30. The van der Waals surface area contributed by atoms with E-state index in [1.807, 2.05) is 12.1 Å². The van der Waals surface area contributed by atoms with Crippen molar-refractivity contribution in [1.82, 2.24) is 15.2 Å². The van der Waals surface area contributed by atoms with Gasteiger partial charge in [-0.2, -0.15) is 0 Å². The molecule has 0 bridgehead atoms. The first-order valence-corrected chi connectivity index (χ1v) is 5.43. The number of nitrogens with two attached hydrogens (primary N) is 2. The van der Waals surface area contributed by atoms with Crippen LogP contribution in [-0.4, -0.2) is 21.7 Å². The van der Waals surface area contributed by atoms with Gasteiger partial charge in [-0.05, 0) is 25.1 Å². The lowest BCUT2D eigenvalue weighted by molar-refractivity contribution is 0.532. The average Bonchev–Trinajstić information content (AvgIpc) is 2.76. The van der Waals surface area contributed by atoms with E-state index >= 15 is 0 Å². The molecule has 4 N–H and O–H groups in total. The Bertz CT molecular complexity index is 484. The smallest absolute Gasteiger partial charge is 0.249 e. The lowest BCUT2D eigenvalue weighted by Crippen LogP contribution is -2.16. The van der Waals surface area contributed by atoms with Gasteiger partial charge < -0.3 is 15.9 Å². The zero-order valence-corrected chi connectivity index (χ0v) is 10.9. The molecule has 7 heteroatoms. The Balaban J connectivity index is 0.00000162. The number of nitrogens with zero attached hydrogens (tertiary/aromatic N) is 3. The standard InChI is InChI=1S/C11H15N5O.ClH/c1-7-15-16-11(17-7)8-2-3-10(14-6-8)9(13)4-5-12;/h2-3,6,9H,4-5,12-13H2,1H3;1H. The molecule has 0 saturated carbocycles. The number of hydrogen-bond donors (Lipinski definition) is 2. The number of halogens is 1. The molecule has 1 atom stereocenters. The minimum Gasteiger partial charge on any atom is -0.421 e. The third-order valence-electron chi connectivity index (χ3n) is 2.42. The molecule has 0 fully saturated rings. The Hall–Kier alpha value is -1.50. The van der Waals surface area contributed by atoms with Gasteiger partial charge in [0.1, 0.15) is 0 Å². The van der Waals surface area contributed by atoms with Crippen molar-refractivity contribution in [1.29, 1.82) is 0 Å². The Labute approximate surface area is 111 Å². The number of rotatable bonds is 4. The van der Waals surface area contributed by atoms with Crippen molar-refractivity contribution in [3.05, 3.63) is 29.9 Å². The van der Waals surface area contributed by atoms with Crippen LogP contribution >= 0.6 is 12.4 Å². The van der Waals surface area contributed by atoms with Gasteiger partial charge in [-0.1, -0.05) is 0 Å². The lowest BCUT2D eigenvalue weighted by atomic mass is 10.1. The molecule has 18 heavy (non-hydrogen) atoms. The molecule has 6 nitrogen and oxygen atoms in total. The monoisotopic (exact) mass is 269 g/mol. The van der Waals surface area contributed by atoms with Crippen LogP contribution < -0.4 is 11.5 Å². The van der Waals surface area contributed by atoms with Crippen LogP contribution in [-0.2, 0) is 0 Å². The summed E-state index contributed by atoms with van der Waals surface area (Å²) in [6, 6.07) is 3.60. The van der Waals surface area contributed by atoms with Gasteiger partial charge in [0.05, 0.1) is 11.3 Å². The summed E-state index contributed by atoms with van der Waals surface area (Å²) in [5, 5.41) is 7.68. The van der Waals surface area contributed by atoms with Crippen molar-refractivity contribution in [3.63, 3.8) is 0 Å². The summed E-state index contributed by atoms with van der Waals surface area (Å²) in [7, 11) is 0. The van der Waals surface area contributed by atoms with Gasteiger partial charge in [0.25, 0.3) is 0 Å². The zero-order chi connectivity index (χ0) is 12.3. The van der Waals surface area contributed by atoms with Crippen LogP contribution in [0.1, 0.15) is 24.0 Å². The summed E-state index contributed by atoms with van der Waals surface area (Å²) >= 11 is 0. The van der Waals surface area contributed by atoms with Crippen LogP contribution in [0.25, 0.3) is 11.5 Å². The minimum atomic E-state index is -0.126. The minimum absolute atomic E-state index is 0. The molecular weight excluding hydrogens is 254 g/mol. The second-order valence-corrected chi connectivity index (χ2v) is 3.78. The van der Waals surface area contributed by atoms with Gasteiger partial charge in [-0.25, -0.2) is 0 Å². The van der Waals surface area contributed by atoms with E-state index in [1.165, 1.54) is 0 Å². The third-order valence-corrected chi connectivity index (χ3v) is 2.42. The molecule has 98 valence electrons. The fraction of sp³-hybridized carbons (Fsp3) is 0.364. The normalized spacial score (nSPS) is 11.9. The van der Waals surface area contributed by atoms with Crippen molar-refractivity contribution in [2.24, 2.45) is 11.5 Å². The van der Waals surface area contributed by atoms with Crippen molar-refractivity contribution in [2.45, 2.75) is 19.4 Å². The molecule has 0 radical (unpaired) electrons. The Kier molecular flexibility index (Phi) is 5.21. The highest BCUT2D eigenvalue weighted by Gasteiger charge is 2.09. The van der Waals surface area contributed by atoms with Crippen molar-refractivity contribution >= 4 is 12.4 Å². The van der Waals surface area contributed by atoms with Crippen LogP contribution in [0.4, 0.5) is 0 Å². The van der Waals surface area contributed by atoms with E-state index in [4.69, 9.17) is 15.9 Å². The summed E-state index contributed by atoms with van der Waals surface area (Å²) in [5.41, 5.74) is 13.0. The topological polar surface area (TPSA) is 104 Å². The fourth-order valence-corrected chi connectivity index (χ4v) is 1.49. The van der Waals surface area contributed by atoms with E-state index in [-0.39, 0.29) is 18.4 Å². The van der Waals surface area contributed by atoms with E-state index < -0.39 is 0 Å². The van der Waals surface area contributed by atoms with Crippen LogP contribution in [0.15, 0.2) is 22.7 Å². The van der Waals surface area contributed by atoms with E-state index in [9.17, 15) is 0 Å². The van der Waals surface area contributed by atoms with Gasteiger partial charge in [0.2, 0.25) is 11.8 Å². The second kappa shape index (κ2) is 6.44. The Morgan fingerprint density at radius 1 is 1.33 bits per heavy atom. The average molecular weight is 270 g/mol. The maximum absolute atomic E-state index is 5.90. The lowest BCUT2D eigenvalue weighted by Gasteiger charge is -2.09. The van der Waals surface area contributed by atoms with Gasteiger partial charge in [-0.15, -0.1) is 22.6 Å². The van der Waals surface area contributed by atoms with Gasteiger partial charge in [-0.3, -0.25) is 4.98 Å². The Morgan fingerprint density at radius 2 is 2.11 bits per heavy atom. The molecule has 2 rings (SSSR count). The predicted molar refractivity (Wildman–Crippen MR) is 70.1 cm³/mol. The van der Waals surface area contributed by atoms with E-state index in [1.54, 1.807) is 13.1 Å². The molecule has 1 unspecified atom stereocenters. The first-order valence-electron chi connectivity index (χ1n) is 5.43. The Morgan fingerprint density at radius 3 is 2.61 bits per heavy atom. The summed E-state index contributed by atoms with van der Waals surface area (Å²) in [6.07, 6.45) is 2.39. The van der Waals surface area contributed by atoms with Crippen LogP contribution in [0.3, 0.4) is 0 Å². The summed E-state index contributed by atoms with van der Waals surface area (Å²) in [5.74, 6) is 0.998. The molecule has 0 aliphatic heterocycles. The summed E-state index contributed by atoms with van der Waals surface area (Å²) in [4.78, 5) is 4.27. The number of aryl methyl sites for hydroxylation is 1. The maximum Gasteiger partial charge on any atom is 0.249 e. The third kappa shape index (κ3) is 3.25. The van der Waals surface area contributed by atoms with E-state index in [2.05, 4.69) is 15.2 Å². The molecule has 2 aromatic rings. The van der Waals surface area contributed by atoms with Crippen LogP contribution in [0.2, 0.25) is 0 Å². The SMILES string of the molecule is Cc1nnc(-c2ccc(C(N)CCN)nc2)o1.Cl. The largest absolute Gasteiger partial charge is 0.421 e. The molecule has 0 spiro atoms. The van der Waals surface area contributed by atoms with Gasteiger partial charge in [0.15, 0.2) is 0 Å². The second-order valence-electron chi connectivity index (χ2n) is 3.78. The zero-order valence-electron chi connectivity index (χ0n) is 10.0. The molecule has 0 aliphatic rings. The van der Waals surface area contributed by atoms with Gasteiger partial charge >= 0.3 is 0 Å². The van der Waals surface area contributed by atoms with Crippen molar-refractivity contribution < 1.29 is 4.42 Å². The molecule has 2 aromatic heterocycles. The van der Waals surface area contributed by atoms with E-state index in [0.717, 1.165) is 11.3 Å². The van der Waals surface area contributed by atoms with E-state index in [0.29, 0.717) is 24.7 Å². The van der Waals surface area contributed by atoms with Crippen molar-refractivity contribution in [2.75, 3.05) is 6.54 Å². The number of hydrogen-bond acceptors (Lipinski definition) is 6. The first kappa shape index (κ1) is 14.6. The first-order chi connectivity index (χ1) is 8.20. The summed E-state index contributed by atoms with van der Waals surface area (Å²) in [6.45, 7) is 2.29. The van der Waals surface area contributed by atoms with Crippen molar-refractivity contribution in [3.8, 4) is 11.5 Å². The molecule has 0 amide bonds. The number of aromatic nitrogens is 3. The molecule has 0 aromatic carbocycles. The number of pyridine rings is 1.